The van der Waals surface area contributed by atoms with Crippen LogP contribution in [0.4, 0.5) is 5.00 Å². The Morgan fingerprint density at radius 1 is 1.11 bits per heavy atom. The van der Waals surface area contributed by atoms with Crippen molar-refractivity contribution in [3.05, 3.63) is 16.5 Å². The lowest BCUT2D eigenvalue weighted by Gasteiger charge is -2.54. The Bertz CT molecular complexity index is 497. The van der Waals surface area contributed by atoms with Gasteiger partial charge >= 0.3 is 0 Å². The number of nitrogens with two attached hydrogens (primary N) is 1. The van der Waals surface area contributed by atoms with E-state index in [0.29, 0.717) is 5.92 Å². The van der Waals surface area contributed by atoms with E-state index in [1.54, 1.807) is 11.3 Å². The summed E-state index contributed by atoms with van der Waals surface area (Å²) in [6.45, 7) is 0. The summed E-state index contributed by atoms with van der Waals surface area (Å²) in [5, 5.41) is 12.2. The maximum Gasteiger partial charge on any atom is 0.104 e. The van der Waals surface area contributed by atoms with Gasteiger partial charge in [0.1, 0.15) is 11.1 Å². The fraction of sp³-hybridized carbons (Fsp3) is 0.667. The molecule has 5 rings (SSSR count). The lowest BCUT2D eigenvalue weighted by atomic mass is 9.50. The number of anilines is 1. The van der Waals surface area contributed by atoms with E-state index in [9.17, 15) is 5.26 Å². The molecule has 18 heavy (non-hydrogen) atoms. The third-order valence-corrected chi connectivity index (χ3v) is 6.38. The largest absolute Gasteiger partial charge is 0.389 e. The van der Waals surface area contributed by atoms with Crippen LogP contribution in [0.25, 0.3) is 0 Å². The summed E-state index contributed by atoms with van der Waals surface area (Å²) in [6.07, 6.45) is 7.09. The number of nitrogens with zero attached hydrogens (tertiary/aromatic N) is 1. The van der Waals surface area contributed by atoms with Crippen LogP contribution in [-0.2, 0) is 0 Å². The fourth-order valence-corrected chi connectivity index (χ4v) is 6.00. The van der Waals surface area contributed by atoms with Gasteiger partial charge in [-0.3, -0.25) is 0 Å². The molecule has 3 heteroatoms. The van der Waals surface area contributed by atoms with Gasteiger partial charge in [-0.15, -0.1) is 11.3 Å². The zero-order valence-electron chi connectivity index (χ0n) is 10.4. The number of thiophene rings is 1. The Kier molecular flexibility index (Phi) is 2.26. The molecule has 94 valence electrons. The van der Waals surface area contributed by atoms with Crippen molar-refractivity contribution in [2.45, 2.75) is 38.0 Å². The second-order valence-corrected chi connectivity index (χ2v) is 7.41. The Morgan fingerprint density at radius 3 is 2.28 bits per heavy atom. The number of nitriles is 1. The highest BCUT2D eigenvalue weighted by Gasteiger charge is 2.49. The Balaban J connectivity index is 1.75. The average molecular weight is 258 g/mol. The first-order valence-electron chi connectivity index (χ1n) is 7.03. The second kappa shape index (κ2) is 3.74. The van der Waals surface area contributed by atoms with E-state index in [1.807, 2.05) is 0 Å². The standard InChI is InChI=1S/C15H18N2S/c16-6-12-13(7-18-15(12)17)14-10-2-8-1-9(4-10)5-11(14)3-8/h7-11,14H,1-5,17H2. The first-order valence-corrected chi connectivity index (χ1v) is 7.91. The smallest absolute Gasteiger partial charge is 0.104 e. The van der Waals surface area contributed by atoms with Gasteiger partial charge in [-0.25, -0.2) is 0 Å². The third kappa shape index (κ3) is 1.39. The summed E-state index contributed by atoms with van der Waals surface area (Å²) in [5.41, 5.74) is 8.02. The van der Waals surface area contributed by atoms with E-state index in [2.05, 4.69) is 11.4 Å². The molecule has 0 amide bonds. The van der Waals surface area contributed by atoms with Crippen LogP contribution in [-0.4, -0.2) is 0 Å². The molecule has 4 aliphatic rings. The topological polar surface area (TPSA) is 49.8 Å². The quantitative estimate of drug-likeness (QED) is 0.834. The van der Waals surface area contributed by atoms with Gasteiger partial charge < -0.3 is 5.73 Å². The molecule has 1 aromatic rings. The van der Waals surface area contributed by atoms with Crippen molar-refractivity contribution in [1.82, 2.24) is 0 Å². The molecule has 2 nitrogen and oxygen atoms in total. The monoisotopic (exact) mass is 258 g/mol. The molecule has 4 saturated carbocycles. The van der Waals surface area contributed by atoms with Crippen LogP contribution in [0.3, 0.4) is 0 Å². The first-order chi connectivity index (χ1) is 8.76. The van der Waals surface area contributed by atoms with Crippen LogP contribution >= 0.6 is 11.3 Å². The fourth-order valence-electron chi connectivity index (χ4n) is 5.18. The summed E-state index contributed by atoms with van der Waals surface area (Å²) in [6, 6.07) is 2.34. The summed E-state index contributed by atoms with van der Waals surface area (Å²) in [4.78, 5) is 0. The maximum atomic E-state index is 9.32. The lowest BCUT2D eigenvalue weighted by molar-refractivity contribution is -0.00271. The van der Waals surface area contributed by atoms with E-state index in [4.69, 9.17) is 5.73 Å². The molecule has 4 aliphatic carbocycles. The molecule has 0 unspecified atom stereocenters. The summed E-state index contributed by atoms with van der Waals surface area (Å²) >= 11 is 1.56. The summed E-state index contributed by atoms with van der Waals surface area (Å²) in [7, 11) is 0. The second-order valence-electron chi connectivity index (χ2n) is 6.50. The molecule has 0 radical (unpaired) electrons. The molecule has 4 bridgehead atoms. The molecule has 1 aromatic heterocycles. The molecule has 4 fully saturated rings. The van der Waals surface area contributed by atoms with Crippen LogP contribution in [0.2, 0.25) is 0 Å². The van der Waals surface area contributed by atoms with Crippen LogP contribution in [0, 0.1) is 35.0 Å². The Morgan fingerprint density at radius 2 is 1.72 bits per heavy atom. The lowest BCUT2D eigenvalue weighted by Crippen LogP contribution is -2.43. The Hall–Kier alpha value is -1.01. The first kappa shape index (κ1) is 10.9. The normalized spacial score (nSPS) is 40.9. The summed E-state index contributed by atoms with van der Waals surface area (Å²) < 4.78 is 0. The predicted molar refractivity (Wildman–Crippen MR) is 73.2 cm³/mol. The van der Waals surface area contributed by atoms with E-state index >= 15 is 0 Å². The van der Waals surface area contributed by atoms with Gasteiger partial charge in [-0.1, -0.05) is 0 Å². The minimum atomic E-state index is 0.640. The van der Waals surface area contributed by atoms with Gasteiger partial charge in [0.2, 0.25) is 0 Å². The molecule has 0 atom stereocenters. The molecule has 2 N–H and O–H groups in total. The highest BCUT2D eigenvalue weighted by molar-refractivity contribution is 7.14. The molecular weight excluding hydrogens is 240 g/mol. The van der Waals surface area contributed by atoms with Gasteiger partial charge in [0, 0.05) is 0 Å². The average Bonchev–Trinajstić information content (AvgIpc) is 2.69. The van der Waals surface area contributed by atoms with Crippen molar-refractivity contribution in [2.24, 2.45) is 23.7 Å². The van der Waals surface area contributed by atoms with E-state index in [-0.39, 0.29) is 0 Å². The molecule has 0 aromatic carbocycles. The van der Waals surface area contributed by atoms with Gasteiger partial charge in [0.25, 0.3) is 0 Å². The van der Waals surface area contributed by atoms with Crippen molar-refractivity contribution in [3.8, 4) is 6.07 Å². The Labute approximate surface area is 112 Å². The molecule has 1 heterocycles. The van der Waals surface area contributed by atoms with Gasteiger partial charge in [-0.05, 0) is 72.6 Å². The minimum absolute atomic E-state index is 0.640. The van der Waals surface area contributed by atoms with Gasteiger partial charge in [0.15, 0.2) is 0 Å². The van der Waals surface area contributed by atoms with Crippen LogP contribution in [0.15, 0.2) is 5.38 Å². The molecule has 0 aliphatic heterocycles. The van der Waals surface area contributed by atoms with Crippen molar-refractivity contribution in [1.29, 1.82) is 5.26 Å². The van der Waals surface area contributed by atoms with Crippen LogP contribution < -0.4 is 5.73 Å². The highest BCUT2D eigenvalue weighted by atomic mass is 32.1. The highest BCUT2D eigenvalue weighted by Crippen LogP contribution is 2.60. The van der Waals surface area contributed by atoms with Crippen molar-refractivity contribution < 1.29 is 0 Å². The molecule has 0 spiro atoms. The third-order valence-electron chi connectivity index (χ3n) is 5.55. The van der Waals surface area contributed by atoms with Crippen LogP contribution in [0.1, 0.15) is 49.1 Å². The van der Waals surface area contributed by atoms with Crippen molar-refractivity contribution in [2.75, 3.05) is 5.73 Å². The molecule has 0 saturated heterocycles. The summed E-state index contributed by atoms with van der Waals surface area (Å²) in [5.74, 6) is 4.29. The number of hydrogen-bond acceptors (Lipinski definition) is 3. The van der Waals surface area contributed by atoms with Gasteiger partial charge in [0.05, 0.1) is 5.56 Å². The SMILES string of the molecule is N#Cc1c(C2C3CC4CC(C3)CC2C4)csc1N. The van der Waals surface area contributed by atoms with Crippen molar-refractivity contribution >= 4 is 16.3 Å². The number of nitrogen functional groups attached to an aromatic ring is 1. The van der Waals surface area contributed by atoms with E-state index in [1.165, 1.54) is 37.7 Å². The minimum Gasteiger partial charge on any atom is -0.389 e. The van der Waals surface area contributed by atoms with Gasteiger partial charge in [-0.2, -0.15) is 5.26 Å². The maximum absolute atomic E-state index is 9.32. The zero-order chi connectivity index (χ0) is 12.3. The zero-order valence-corrected chi connectivity index (χ0v) is 11.2. The number of rotatable bonds is 1. The van der Waals surface area contributed by atoms with E-state index in [0.717, 1.165) is 34.2 Å². The van der Waals surface area contributed by atoms with Crippen LogP contribution in [0.5, 0.6) is 0 Å². The predicted octanol–water partition coefficient (Wildman–Crippen LogP) is 3.74. The van der Waals surface area contributed by atoms with Crippen molar-refractivity contribution in [3.63, 3.8) is 0 Å². The molecular formula is C15H18N2S. The number of hydrogen-bond donors (Lipinski definition) is 1. The van der Waals surface area contributed by atoms with E-state index < -0.39 is 0 Å².